The van der Waals surface area contributed by atoms with E-state index in [1.54, 1.807) is 30.0 Å². The Hall–Kier alpha value is -0.940. The van der Waals surface area contributed by atoms with Gasteiger partial charge in [0, 0.05) is 4.90 Å². The van der Waals surface area contributed by atoms with Crippen LogP contribution in [-0.4, -0.2) is 10.7 Å². The summed E-state index contributed by atoms with van der Waals surface area (Å²) in [4.78, 5) is 1.28. The van der Waals surface area contributed by atoms with E-state index in [4.69, 9.17) is 45.9 Å². The van der Waals surface area contributed by atoms with E-state index in [0.717, 1.165) is 16.2 Å². The van der Waals surface area contributed by atoms with Gasteiger partial charge in [-0.25, -0.2) is 0 Å². The quantitative estimate of drug-likeness (QED) is 0.563. The van der Waals surface area contributed by atoms with Gasteiger partial charge in [-0.1, -0.05) is 54.5 Å². The van der Waals surface area contributed by atoms with Gasteiger partial charge in [0.1, 0.15) is 21.5 Å². The summed E-state index contributed by atoms with van der Waals surface area (Å²) in [6.07, 6.45) is 0. The number of ether oxygens (including phenoxy) is 1. The molecule has 0 spiro atoms. The monoisotopic (exact) mass is 357 g/mol. The minimum absolute atomic E-state index is 0.291. The second kappa shape index (κ2) is 7.36. The van der Waals surface area contributed by atoms with Crippen LogP contribution in [0.15, 0.2) is 41.3 Å². The van der Waals surface area contributed by atoms with Crippen molar-refractivity contribution in [1.82, 2.24) is 0 Å². The molecular weight excluding hydrogens is 345 g/mol. The molecule has 0 aliphatic rings. The zero-order chi connectivity index (χ0) is 15.4. The van der Waals surface area contributed by atoms with Crippen LogP contribution in [0.3, 0.4) is 0 Å². The SMILES string of the molecule is CCSc1cccc(Oc2cccc(Cl)c2Cl)c1C(N)=S. The van der Waals surface area contributed by atoms with E-state index < -0.39 is 0 Å². The first kappa shape index (κ1) is 16.4. The fraction of sp³-hybridized carbons (Fsp3) is 0.133. The van der Waals surface area contributed by atoms with Crippen LogP contribution in [0.2, 0.25) is 10.0 Å². The topological polar surface area (TPSA) is 35.2 Å². The molecule has 110 valence electrons. The third-order valence-electron chi connectivity index (χ3n) is 2.67. The standard InChI is InChI=1S/C15H13Cl2NOS2/c1-2-21-12-8-4-6-10(13(12)15(18)20)19-11-7-3-5-9(16)14(11)17/h3-8H,2H2,1H3,(H2,18,20). The van der Waals surface area contributed by atoms with Crippen molar-refractivity contribution in [2.75, 3.05) is 5.75 Å². The summed E-state index contributed by atoms with van der Waals surface area (Å²) < 4.78 is 5.87. The Labute approximate surface area is 143 Å². The van der Waals surface area contributed by atoms with Crippen molar-refractivity contribution >= 4 is 52.2 Å². The zero-order valence-corrected chi connectivity index (χ0v) is 14.4. The highest BCUT2D eigenvalue weighted by Gasteiger charge is 2.15. The Morgan fingerprint density at radius 2 is 1.86 bits per heavy atom. The van der Waals surface area contributed by atoms with E-state index in [1.165, 1.54) is 0 Å². The van der Waals surface area contributed by atoms with E-state index in [2.05, 4.69) is 6.92 Å². The smallest absolute Gasteiger partial charge is 0.147 e. The van der Waals surface area contributed by atoms with Gasteiger partial charge in [0.25, 0.3) is 0 Å². The first-order valence-electron chi connectivity index (χ1n) is 6.22. The van der Waals surface area contributed by atoms with Gasteiger partial charge >= 0.3 is 0 Å². The lowest BCUT2D eigenvalue weighted by Gasteiger charge is -2.15. The normalized spacial score (nSPS) is 10.4. The summed E-state index contributed by atoms with van der Waals surface area (Å²) in [6, 6.07) is 10.9. The number of thiocarbonyl (C=S) groups is 1. The van der Waals surface area contributed by atoms with E-state index in [-0.39, 0.29) is 0 Å². The Kier molecular flexibility index (Phi) is 5.76. The van der Waals surface area contributed by atoms with E-state index >= 15 is 0 Å². The van der Waals surface area contributed by atoms with Gasteiger partial charge in [-0.3, -0.25) is 0 Å². The molecule has 0 atom stereocenters. The van der Waals surface area contributed by atoms with Gasteiger partial charge in [0.15, 0.2) is 0 Å². The van der Waals surface area contributed by atoms with E-state index in [0.29, 0.717) is 26.5 Å². The molecule has 0 aromatic heterocycles. The van der Waals surface area contributed by atoms with Crippen molar-refractivity contribution in [2.24, 2.45) is 5.73 Å². The average Bonchev–Trinajstić information content (AvgIpc) is 2.44. The average molecular weight is 358 g/mol. The maximum Gasteiger partial charge on any atom is 0.147 e. The second-order valence-electron chi connectivity index (χ2n) is 4.08. The number of nitrogens with two attached hydrogens (primary N) is 1. The molecule has 21 heavy (non-hydrogen) atoms. The van der Waals surface area contributed by atoms with Gasteiger partial charge in [-0.05, 0) is 30.0 Å². The molecular formula is C15H13Cl2NOS2. The lowest BCUT2D eigenvalue weighted by Crippen LogP contribution is -2.12. The third kappa shape index (κ3) is 3.83. The molecule has 0 saturated carbocycles. The number of thioether (sulfide) groups is 1. The summed E-state index contributed by atoms with van der Waals surface area (Å²) in [5, 5.41) is 0.798. The van der Waals surface area contributed by atoms with Crippen LogP contribution >= 0.6 is 47.2 Å². The molecule has 0 aliphatic heterocycles. The zero-order valence-electron chi connectivity index (χ0n) is 11.2. The van der Waals surface area contributed by atoms with Crippen molar-refractivity contribution in [3.63, 3.8) is 0 Å². The van der Waals surface area contributed by atoms with Gasteiger partial charge in [-0.2, -0.15) is 0 Å². The predicted octanol–water partition coefficient (Wildman–Crippen LogP) is 5.53. The maximum absolute atomic E-state index is 6.15. The van der Waals surface area contributed by atoms with Gasteiger partial charge in [0.2, 0.25) is 0 Å². The van der Waals surface area contributed by atoms with Crippen LogP contribution in [-0.2, 0) is 0 Å². The summed E-state index contributed by atoms with van der Waals surface area (Å²) in [6.45, 7) is 2.06. The fourth-order valence-electron chi connectivity index (χ4n) is 1.80. The van der Waals surface area contributed by atoms with Crippen LogP contribution in [0.25, 0.3) is 0 Å². The number of benzene rings is 2. The number of hydrogen-bond acceptors (Lipinski definition) is 3. The molecule has 0 bridgehead atoms. The molecule has 2 nitrogen and oxygen atoms in total. The van der Waals surface area contributed by atoms with E-state index in [9.17, 15) is 0 Å². The van der Waals surface area contributed by atoms with Crippen LogP contribution in [0.4, 0.5) is 0 Å². The van der Waals surface area contributed by atoms with Crippen molar-refractivity contribution in [1.29, 1.82) is 0 Å². The summed E-state index contributed by atoms with van der Waals surface area (Å²) in [5.74, 6) is 1.96. The van der Waals surface area contributed by atoms with Crippen molar-refractivity contribution < 1.29 is 4.74 Å². The highest BCUT2D eigenvalue weighted by atomic mass is 35.5. The molecule has 0 aliphatic carbocycles. The fourth-order valence-corrected chi connectivity index (χ4v) is 3.24. The predicted molar refractivity (Wildman–Crippen MR) is 95.3 cm³/mol. The van der Waals surface area contributed by atoms with Gasteiger partial charge < -0.3 is 10.5 Å². The number of halogens is 2. The van der Waals surface area contributed by atoms with Crippen LogP contribution in [0.5, 0.6) is 11.5 Å². The molecule has 0 heterocycles. The number of rotatable bonds is 5. The molecule has 2 aromatic rings. The van der Waals surface area contributed by atoms with Crippen LogP contribution in [0, 0.1) is 0 Å². The Balaban J connectivity index is 2.46. The summed E-state index contributed by atoms with van der Waals surface area (Å²) in [5.41, 5.74) is 6.56. The largest absolute Gasteiger partial charge is 0.455 e. The van der Waals surface area contributed by atoms with Crippen molar-refractivity contribution in [2.45, 2.75) is 11.8 Å². The molecule has 6 heteroatoms. The lowest BCUT2D eigenvalue weighted by molar-refractivity contribution is 0.480. The highest BCUT2D eigenvalue weighted by molar-refractivity contribution is 7.99. The Morgan fingerprint density at radius 1 is 1.19 bits per heavy atom. The van der Waals surface area contributed by atoms with Crippen LogP contribution in [0.1, 0.15) is 12.5 Å². The molecule has 2 N–H and O–H groups in total. The summed E-state index contributed by atoms with van der Waals surface area (Å²) >= 11 is 19.0. The molecule has 2 rings (SSSR count). The summed E-state index contributed by atoms with van der Waals surface area (Å²) in [7, 11) is 0. The van der Waals surface area contributed by atoms with Crippen molar-refractivity contribution in [3.8, 4) is 11.5 Å². The maximum atomic E-state index is 6.15. The Morgan fingerprint density at radius 3 is 2.52 bits per heavy atom. The highest BCUT2D eigenvalue weighted by Crippen LogP contribution is 2.38. The minimum Gasteiger partial charge on any atom is -0.455 e. The number of hydrogen-bond donors (Lipinski definition) is 1. The second-order valence-corrected chi connectivity index (χ2v) is 6.61. The third-order valence-corrected chi connectivity index (χ3v) is 4.62. The molecule has 0 amide bonds. The first-order valence-corrected chi connectivity index (χ1v) is 8.37. The minimum atomic E-state index is 0.291. The molecule has 2 aromatic carbocycles. The molecule has 0 unspecified atom stereocenters. The Bertz CT molecular complexity index is 677. The molecule has 0 fully saturated rings. The van der Waals surface area contributed by atoms with E-state index in [1.807, 2.05) is 18.2 Å². The first-order chi connectivity index (χ1) is 10.0. The van der Waals surface area contributed by atoms with Crippen molar-refractivity contribution in [3.05, 3.63) is 52.0 Å². The van der Waals surface area contributed by atoms with Gasteiger partial charge in [-0.15, -0.1) is 11.8 Å². The lowest BCUT2D eigenvalue weighted by atomic mass is 10.2. The van der Waals surface area contributed by atoms with Gasteiger partial charge in [0.05, 0.1) is 10.6 Å². The molecule has 0 saturated heterocycles. The van der Waals surface area contributed by atoms with Crippen LogP contribution < -0.4 is 10.5 Å². The molecule has 0 radical (unpaired) electrons.